The number of hydrogen-bond donors (Lipinski definition) is 1. The quantitative estimate of drug-likeness (QED) is 0.722. The molecule has 0 spiro atoms. The van der Waals surface area contributed by atoms with E-state index in [2.05, 4.69) is 0 Å². The molecule has 2 rings (SSSR count). The van der Waals surface area contributed by atoms with Gasteiger partial charge in [0.25, 0.3) is 0 Å². The van der Waals surface area contributed by atoms with Crippen LogP contribution in [0.4, 0.5) is 0 Å². The molecule has 2 N–H and O–H groups in total. The third-order valence-electron chi connectivity index (χ3n) is 2.40. The average Bonchev–Trinajstić information content (AvgIpc) is 2.59. The molecule has 3 heteroatoms. The number of nitrogens with two attached hydrogens (primary N) is 1. The number of carbonyl (C=O) groups is 1. The first-order chi connectivity index (χ1) is 6.72. The summed E-state index contributed by atoms with van der Waals surface area (Å²) in [6.07, 6.45) is 1.97. The van der Waals surface area contributed by atoms with Gasteiger partial charge >= 0.3 is 0 Å². The highest BCUT2D eigenvalue weighted by Crippen LogP contribution is 2.16. The molecule has 1 heterocycles. The third-order valence-corrected chi connectivity index (χ3v) is 2.40. The number of ketones is 1. The molecule has 0 saturated heterocycles. The van der Waals surface area contributed by atoms with Crippen molar-refractivity contribution in [1.29, 1.82) is 0 Å². The highest BCUT2D eigenvalue weighted by molar-refractivity contribution is 6.00. The summed E-state index contributed by atoms with van der Waals surface area (Å²) in [6, 6.07) is 7.66. The fourth-order valence-electron chi connectivity index (χ4n) is 1.55. The molecule has 1 aromatic carbocycles. The Morgan fingerprint density at radius 1 is 1.43 bits per heavy atom. The molecule has 0 amide bonds. The first-order valence-electron chi connectivity index (χ1n) is 4.50. The normalized spacial score (nSPS) is 10.7. The molecule has 0 aliphatic carbocycles. The molecule has 0 bridgehead atoms. The Labute approximate surface area is 82.1 Å². The minimum atomic E-state index is -0.0203. The first-order valence-corrected chi connectivity index (χ1v) is 4.50. The Morgan fingerprint density at radius 2 is 2.21 bits per heavy atom. The molecule has 1 aromatic heterocycles. The van der Waals surface area contributed by atoms with E-state index in [1.165, 1.54) is 0 Å². The van der Waals surface area contributed by atoms with Crippen LogP contribution in [0.25, 0.3) is 10.9 Å². The molecule has 0 fully saturated rings. The predicted octanol–water partition coefficient (Wildman–Crippen LogP) is 1.32. The van der Waals surface area contributed by atoms with Gasteiger partial charge < -0.3 is 10.3 Å². The second-order valence-electron chi connectivity index (χ2n) is 3.33. The van der Waals surface area contributed by atoms with Crippen molar-refractivity contribution in [3.63, 3.8) is 0 Å². The molecule has 0 radical (unpaired) electrons. The molecule has 2 aromatic rings. The van der Waals surface area contributed by atoms with Crippen LogP contribution in [0.1, 0.15) is 10.4 Å². The zero-order chi connectivity index (χ0) is 10.1. The summed E-state index contributed by atoms with van der Waals surface area (Å²) in [7, 11) is 1.96. The number of fused-ring (bicyclic) bond motifs is 1. The van der Waals surface area contributed by atoms with E-state index in [9.17, 15) is 4.79 Å². The monoisotopic (exact) mass is 188 g/mol. The second kappa shape index (κ2) is 3.27. The molecule has 3 nitrogen and oxygen atoms in total. The Hall–Kier alpha value is -1.61. The van der Waals surface area contributed by atoms with Crippen molar-refractivity contribution in [2.45, 2.75) is 0 Å². The number of Topliss-reactive ketones (excluding diaryl/α,β-unsaturated/α-hetero) is 1. The maximum Gasteiger partial charge on any atom is 0.176 e. The van der Waals surface area contributed by atoms with Gasteiger partial charge in [0, 0.05) is 24.3 Å². The van der Waals surface area contributed by atoms with Crippen LogP contribution in [0, 0.1) is 0 Å². The minimum Gasteiger partial charge on any atom is -0.351 e. The Balaban J connectivity index is 2.60. The summed E-state index contributed by atoms with van der Waals surface area (Å²) < 4.78 is 1.99. The van der Waals surface area contributed by atoms with Crippen molar-refractivity contribution >= 4 is 16.7 Å². The lowest BCUT2D eigenvalue weighted by Gasteiger charge is -2.00. The molecular formula is C11H12N2O. The third kappa shape index (κ3) is 1.32. The van der Waals surface area contributed by atoms with E-state index in [0.29, 0.717) is 5.56 Å². The summed E-state index contributed by atoms with van der Waals surface area (Å²) in [5, 5.41) is 1.14. The maximum absolute atomic E-state index is 11.4. The number of rotatable bonds is 2. The summed E-state index contributed by atoms with van der Waals surface area (Å²) >= 11 is 0. The van der Waals surface area contributed by atoms with Crippen LogP contribution < -0.4 is 5.73 Å². The van der Waals surface area contributed by atoms with Crippen molar-refractivity contribution in [1.82, 2.24) is 4.57 Å². The van der Waals surface area contributed by atoms with Gasteiger partial charge in [0.15, 0.2) is 5.78 Å². The fraction of sp³-hybridized carbons (Fsp3) is 0.182. The largest absolute Gasteiger partial charge is 0.351 e. The Bertz CT molecular complexity index is 485. The van der Waals surface area contributed by atoms with Gasteiger partial charge in [-0.15, -0.1) is 0 Å². The van der Waals surface area contributed by atoms with Gasteiger partial charge in [0.1, 0.15) is 0 Å². The van der Waals surface area contributed by atoms with Crippen molar-refractivity contribution < 1.29 is 4.79 Å². The van der Waals surface area contributed by atoms with Crippen molar-refractivity contribution in [3.05, 3.63) is 36.0 Å². The van der Waals surface area contributed by atoms with Crippen LogP contribution in [-0.4, -0.2) is 16.9 Å². The number of benzene rings is 1. The summed E-state index contributed by atoms with van der Waals surface area (Å²) in [6.45, 7) is 0.0654. The van der Waals surface area contributed by atoms with E-state index in [-0.39, 0.29) is 12.3 Å². The fourth-order valence-corrected chi connectivity index (χ4v) is 1.55. The average molecular weight is 188 g/mol. The number of aromatic nitrogens is 1. The van der Waals surface area contributed by atoms with Crippen LogP contribution in [0.5, 0.6) is 0 Å². The summed E-state index contributed by atoms with van der Waals surface area (Å²) in [4.78, 5) is 11.4. The molecular weight excluding hydrogens is 176 g/mol. The van der Waals surface area contributed by atoms with Crippen LogP contribution >= 0.6 is 0 Å². The van der Waals surface area contributed by atoms with Crippen LogP contribution in [-0.2, 0) is 7.05 Å². The lowest BCUT2D eigenvalue weighted by atomic mass is 10.1. The molecule has 0 saturated carbocycles. The van der Waals surface area contributed by atoms with E-state index in [1.807, 2.05) is 42.1 Å². The van der Waals surface area contributed by atoms with Crippen LogP contribution in [0.15, 0.2) is 30.5 Å². The molecule has 0 atom stereocenters. The van der Waals surface area contributed by atoms with Crippen LogP contribution in [0.3, 0.4) is 0 Å². The van der Waals surface area contributed by atoms with E-state index in [1.54, 1.807) is 0 Å². The first kappa shape index (κ1) is 8.97. The standard InChI is InChI=1S/C11H12N2O/c1-13-5-4-8-2-3-9(6-10(8)13)11(14)7-12/h2-6H,7,12H2,1H3. The Morgan fingerprint density at radius 3 is 2.93 bits per heavy atom. The van der Waals surface area contributed by atoms with Gasteiger partial charge in [-0.2, -0.15) is 0 Å². The van der Waals surface area contributed by atoms with Crippen molar-refractivity contribution in [2.75, 3.05) is 6.54 Å². The van der Waals surface area contributed by atoms with Gasteiger partial charge in [0.2, 0.25) is 0 Å². The Kier molecular flexibility index (Phi) is 2.09. The lowest BCUT2D eigenvalue weighted by Crippen LogP contribution is -2.13. The summed E-state index contributed by atoms with van der Waals surface area (Å²) in [5.74, 6) is -0.0203. The van der Waals surface area contributed by atoms with Gasteiger partial charge in [-0.3, -0.25) is 4.79 Å². The number of carbonyl (C=O) groups excluding carboxylic acids is 1. The van der Waals surface area contributed by atoms with Gasteiger partial charge in [0.05, 0.1) is 6.54 Å². The zero-order valence-corrected chi connectivity index (χ0v) is 8.03. The van der Waals surface area contributed by atoms with Crippen LogP contribution in [0.2, 0.25) is 0 Å². The number of hydrogen-bond acceptors (Lipinski definition) is 2. The van der Waals surface area contributed by atoms with Crippen molar-refractivity contribution in [2.24, 2.45) is 12.8 Å². The van der Waals surface area contributed by atoms with E-state index >= 15 is 0 Å². The molecule has 0 aliphatic rings. The molecule has 72 valence electrons. The zero-order valence-electron chi connectivity index (χ0n) is 8.03. The predicted molar refractivity (Wildman–Crippen MR) is 56.3 cm³/mol. The van der Waals surface area contributed by atoms with E-state index in [0.717, 1.165) is 10.9 Å². The van der Waals surface area contributed by atoms with E-state index < -0.39 is 0 Å². The van der Waals surface area contributed by atoms with Crippen molar-refractivity contribution in [3.8, 4) is 0 Å². The highest BCUT2D eigenvalue weighted by atomic mass is 16.1. The minimum absolute atomic E-state index is 0.0203. The lowest BCUT2D eigenvalue weighted by molar-refractivity contribution is 0.100. The number of nitrogens with zero attached hydrogens (tertiary/aromatic N) is 1. The maximum atomic E-state index is 11.4. The highest BCUT2D eigenvalue weighted by Gasteiger charge is 2.05. The van der Waals surface area contributed by atoms with Gasteiger partial charge in [-0.25, -0.2) is 0 Å². The van der Waals surface area contributed by atoms with Gasteiger partial charge in [-0.1, -0.05) is 12.1 Å². The molecule has 0 unspecified atom stereocenters. The van der Waals surface area contributed by atoms with E-state index in [4.69, 9.17) is 5.73 Å². The SMILES string of the molecule is Cn1ccc2ccc(C(=O)CN)cc21. The molecule has 14 heavy (non-hydrogen) atoms. The topological polar surface area (TPSA) is 48.0 Å². The summed E-state index contributed by atoms with van der Waals surface area (Å²) in [5.41, 5.74) is 7.05. The smallest absolute Gasteiger partial charge is 0.176 e. The number of aryl methyl sites for hydroxylation is 1. The molecule has 0 aliphatic heterocycles. The van der Waals surface area contributed by atoms with Gasteiger partial charge in [-0.05, 0) is 17.5 Å². The second-order valence-corrected chi connectivity index (χ2v) is 3.33.